The Kier molecular flexibility index (Phi) is 5.57. The number of benzene rings is 2. The minimum absolute atomic E-state index is 0.0596. The van der Waals surface area contributed by atoms with E-state index in [1.54, 1.807) is 0 Å². The second-order valence-electron chi connectivity index (χ2n) is 6.63. The molecule has 1 unspecified atom stereocenters. The summed E-state index contributed by atoms with van der Waals surface area (Å²) in [6, 6.07) is 9.53. The summed E-state index contributed by atoms with van der Waals surface area (Å²) in [6.07, 6.45) is 0.741. The highest BCUT2D eigenvalue weighted by atomic mass is 32.2. The molecule has 27 heavy (non-hydrogen) atoms. The molecule has 0 saturated carbocycles. The van der Waals surface area contributed by atoms with Crippen LogP contribution in [0, 0.1) is 17.6 Å². The number of sulfonamides is 1. The minimum atomic E-state index is -3.67. The normalized spacial score (nSPS) is 17.3. The lowest BCUT2D eigenvalue weighted by molar-refractivity contribution is 0.101. The van der Waals surface area contributed by atoms with Crippen LogP contribution >= 0.6 is 0 Å². The maximum atomic E-state index is 13.4. The van der Waals surface area contributed by atoms with Gasteiger partial charge in [0.15, 0.2) is 17.4 Å². The van der Waals surface area contributed by atoms with Crippen LogP contribution in [-0.4, -0.2) is 33.8 Å². The van der Waals surface area contributed by atoms with E-state index < -0.39 is 21.7 Å². The Morgan fingerprint density at radius 1 is 1.15 bits per heavy atom. The number of nitrogens with one attached hydrogen (secondary N) is 1. The Hall–Kier alpha value is -2.32. The molecule has 0 aromatic heterocycles. The number of nitrogens with zero attached hydrogens (tertiary/aromatic N) is 1. The second kappa shape index (κ2) is 7.74. The minimum Gasteiger partial charge on any atom is -0.371 e. The molecule has 0 amide bonds. The number of rotatable bonds is 6. The van der Waals surface area contributed by atoms with Crippen molar-refractivity contribution in [3.63, 3.8) is 0 Å². The molecule has 0 bridgehead atoms. The summed E-state index contributed by atoms with van der Waals surface area (Å²) in [5, 5.41) is 0. The lowest BCUT2D eigenvalue weighted by Crippen LogP contribution is -2.31. The molecule has 8 heteroatoms. The monoisotopic (exact) mass is 394 g/mol. The van der Waals surface area contributed by atoms with Crippen LogP contribution < -0.4 is 9.62 Å². The highest BCUT2D eigenvalue weighted by molar-refractivity contribution is 7.89. The van der Waals surface area contributed by atoms with Gasteiger partial charge in [0, 0.05) is 37.0 Å². The number of halogens is 2. The van der Waals surface area contributed by atoms with E-state index >= 15 is 0 Å². The predicted molar refractivity (Wildman–Crippen MR) is 98.3 cm³/mol. The summed E-state index contributed by atoms with van der Waals surface area (Å²) in [5.74, 6) is -1.86. The molecule has 1 aliphatic heterocycles. The van der Waals surface area contributed by atoms with Gasteiger partial charge in [0.2, 0.25) is 10.0 Å². The van der Waals surface area contributed by atoms with Crippen molar-refractivity contribution in [2.75, 3.05) is 24.5 Å². The van der Waals surface area contributed by atoms with Gasteiger partial charge < -0.3 is 4.90 Å². The Morgan fingerprint density at radius 3 is 2.48 bits per heavy atom. The number of anilines is 1. The molecule has 144 valence electrons. The van der Waals surface area contributed by atoms with Crippen molar-refractivity contribution < 1.29 is 22.0 Å². The molecule has 0 spiro atoms. The topological polar surface area (TPSA) is 66.5 Å². The SMILES string of the molecule is CC(=O)c1ccc(S(=O)(=O)NCC2CCN(c3ccc(F)c(F)c3)C2)cc1. The molecule has 1 saturated heterocycles. The number of ketones is 1. The van der Waals surface area contributed by atoms with Crippen LogP contribution in [0.5, 0.6) is 0 Å². The highest BCUT2D eigenvalue weighted by Gasteiger charge is 2.25. The first kappa shape index (κ1) is 19.4. The molecule has 1 N–H and O–H groups in total. The van der Waals surface area contributed by atoms with Gasteiger partial charge in [0.1, 0.15) is 0 Å². The van der Waals surface area contributed by atoms with Gasteiger partial charge in [-0.25, -0.2) is 21.9 Å². The van der Waals surface area contributed by atoms with E-state index in [0.717, 1.165) is 18.6 Å². The molecular formula is C19H20F2N2O3S. The zero-order chi connectivity index (χ0) is 19.6. The summed E-state index contributed by atoms with van der Waals surface area (Å²) in [4.78, 5) is 13.3. The number of carbonyl (C=O) groups is 1. The summed E-state index contributed by atoms with van der Waals surface area (Å²) in [5.41, 5.74) is 1.03. The zero-order valence-corrected chi connectivity index (χ0v) is 15.6. The molecule has 2 aromatic rings. The van der Waals surface area contributed by atoms with E-state index in [4.69, 9.17) is 0 Å². The molecule has 2 aromatic carbocycles. The zero-order valence-electron chi connectivity index (χ0n) is 14.8. The van der Waals surface area contributed by atoms with Gasteiger partial charge in [0.25, 0.3) is 0 Å². The lowest BCUT2D eigenvalue weighted by atomic mass is 10.1. The van der Waals surface area contributed by atoms with Crippen LogP contribution in [0.3, 0.4) is 0 Å². The van der Waals surface area contributed by atoms with E-state index in [-0.39, 0.29) is 23.1 Å². The van der Waals surface area contributed by atoms with E-state index in [2.05, 4.69) is 4.72 Å². The van der Waals surface area contributed by atoms with Crippen molar-refractivity contribution in [2.24, 2.45) is 5.92 Å². The van der Waals surface area contributed by atoms with Crippen LogP contribution in [-0.2, 0) is 10.0 Å². The van der Waals surface area contributed by atoms with Crippen LogP contribution in [0.1, 0.15) is 23.7 Å². The number of Topliss-reactive ketones (excluding diaryl/α,β-unsaturated/α-hetero) is 1. The first-order valence-corrected chi connectivity index (χ1v) is 10.1. The Morgan fingerprint density at radius 2 is 1.85 bits per heavy atom. The quantitative estimate of drug-likeness (QED) is 0.765. The van der Waals surface area contributed by atoms with E-state index in [9.17, 15) is 22.0 Å². The van der Waals surface area contributed by atoms with Gasteiger partial charge in [-0.15, -0.1) is 0 Å². The molecule has 0 radical (unpaired) electrons. The fraction of sp³-hybridized carbons (Fsp3) is 0.316. The van der Waals surface area contributed by atoms with Crippen LogP contribution in [0.2, 0.25) is 0 Å². The molecule has 1 fully saturated rings. The van der Waals surface area contributed by atoms with Gasteiger partial charge in [-0.05, 0) is 43.5 Å². The van der Waals surface area contributed by atoms with Crippen LogP contribution in [0.15, 0.2) is 47.4 Å². The number of carbonyl (C=O) groups excluding carboxylic acids is 1. The summed E-state index contributed by atoms with van der Waals surface area (Å²) >= 11 is 0. The van der Waals surface area contributed by atoms with Crippen LogP contribution in [0.4, 0.5) is 14.5 Å². The summed E-state index contributed by atoms with van der Waals surface area (Å²) in [7, 11) is -3.67. The van der Waals surface area contributed by atoms with Gasteiger partial charge in [-0.2, -0.15) is 0 Å². The average Bonchev–Trinajstić information content (AvgIpc) is 3.11. The molecule has 0 aliphatic carbocycles. The molecule has 1 atom stereocenters. The fourth-order valence-corrected chi connectivity index (χ4v) is 4.21. The Balaban J connectivity index is 1.59. The van der Waals surface area contributed by atoms with Gasteiger partial charge in [-0.3, -0.25) is 4.79 Å². The van der Waals surface area contributed by atoms with E-state index in [1.165, 1.54) is 37.3 Å². The number of hydrogen-bond donors (Lipinski definition) is 1. The number of hydrogen-bond acceptors (Lipinski definition) is 4. The summed E-state index contributed by atoms with van der Waals surface area (Å²) < 4.78 is 53.8. The van der Waals surface area contributed by atoms with Gasteiger partial charge >= 0.3 is 0 Å². The fourth-order valence-electron chi connectivity index (χ4n) is 3.10. The third kappa shape index (κ3) is 4.51. The molecule has 5 nitrogen and oxygen atoms in total. The standard InChI is InChI=1S/C19H20F2N2O3S/c1-13(24)15-2-5-17(6-3-15)27(25,26)22-11-14-8-9-23(12-14)16-4-7-18(20)19(21)10-16/h2-7,10,14,22H,8-9,11-12H2,1H3. The second-order valence-corrected chi connectivity index (χ2v) is 8.40. The average molecular weight is 394 g/mol. The Bertz CT molecular complexity index is 946. The Labute approximate surface area is 157 Å². The highest BCUT2D eigenvalue weighted by Crippen LogP contribution is 2.25. The smallest absolute Gasteiger partial charge is 0.240 e. The third-order valence-electron chi connectivity index (χ3n) is 4.69. The van der Waals surface area contributed by atoms with Gasteiger partial charge in [-0.1, -0.05) is 12.1 Å². The predicted octanol–water partition coefficient (Wildman–Crippen LogP) is 2.97. The van der Waals surface area contributed by atoms with Crippen molar-refractivity contribution in [2.45, 2.75) is 18.2 Å². The maximum absolute atomic E-state index is 13.4. The van der Waals surface area contributed by atoms with Crippen LogP contribution in [0.25, 0.3) is 0 Å². The van der Waals surface area contributed by atoms with Crippen molar-refractivity contribution in [1.29, 1.82) is 0 Å². The molecule has 1 heterocycles. The maximum Gasteiger partial charge on any atom is 0.240 e. The van der Waals surface area contributed by atoms with Crippen molar-refractivity contribution in [3.05, 3.63) is 59.7 Å². The van der Waals surface area contributed by atoms with E-state index in [0.29, 0.717) is 24.3 Å². The van der Waals surface area contributed by atoms with Crippen molar-refractivity contribution >= 4 is 21.5 Å². The first-order chi connectivity index (χ1) is 12.8. The molecule has 3 rings (SSSR count). The third-order valence-corrected chi connectivity index (χ3v) is 6.13. The van der Waals surface area contributed by atoms with Crippen molar-refractivity contribution in [1.82, 2.24) is 4.72 Å². The largest absolute Gasteiger partial charge is 0.371 e. The van der Waals surface area contributed by atoms with Crippen molar-refractivity contribution in [3.8, 4) is 0 Å². The molecular weight excluding hydrogens is 374 g/mol. The molecule has 1 aliphatic rings. The van der Waals surface area contributed by atoms with Gasteiger partial charge in [0.05, 0.1) is 4.90 Å². The first-order valence-electron chi connectivity index (χ1n) is 8.57. The summed E-state index contributed by atoms with van der Waals surface area (Å²) in [6.45, 7) is 2.86. The lowest BCUT2D eigenvalue weighted by Gasteiger charge is -2.19. The van der Waals surface area contributed by atoms with E-state index in [1.807, 2.05) is 4.90 Å².